The summed E-state index contributed by atoms with van der Waals surface area (Å²) in [5.74, 6) is -1.31. The van der Waals surface area contributed by atoms with Crippen molar-refractivity contribution >= 4 is 45.9 Å². The zero-order valence-electron chi connectivity index (χ0n) is 17.2. The molecule has 6 nitrogen and oxygen atoms in total. The van der Waals surface area contributed by atoms with Gasteiger partial charge in [-0.25, -0.2) is 18.6 Å². The van der Waals surface area contributed by atoms with Crippen molar-refractivity contribution in [2.45, 2.75) is 43.2 Å². The number of aromatic nitrogens is 1. The van der Waals surface area contributed by atoms with Gasteiger partial charge in [-0.3, -0.25) is 15.0 Å². The van der Waals surface area contributed by atoms with Gasteiger partial charge in [0.15, 0.2) is 16.8 Å². The van der Waals surface area contributed by atoms with Crippen LogP contribution in [0.2, 0.25) is 0 Å². The number of rotatable bonds is 9. The highest BCUT2D eigenvalue weighted by molar-refractivity contribution is 8.01. The van der Waals surface area contributed by atoms with Crippen molar-refractivity contribution in [1.29, 1.82) is 0 Å². The third kappa shape index (κ3) is 6.90. The molecule has 0 aliphatic heterocycles. The SMILES string of the molecule is CCOC(=O)CCSc1cnc(NC(=O)N(CC2CCCC2)c2ccc(F)c(F)c2)s1. The van der Waals surface area contributed by atoms with Crippen LogP contribution in [0.1, 0.15) is 39.0 Å². The summed E-state index contributed by atoms with van der Waals surface area (Å²) < 4.78 is 32.9. The molecule has 31 heavy (non-hydrogen) atoms. The summed E-state index contributed by atoms with van der Waals surface area (Å²) in [7, 11) is 0. The maximum atomic E-state index is 13.8. The first-order valence-electron chi connectivity index (χ1n) is 10.2. The molecule has 2 aromatic rings. The number of anilines is 2. The lowest BCUT2D eigenvalue weighted by Gasteiger charge is -2.25. The molecule has 1 fully saturated rings. The summed E-state index contributed by atoms with van der Waals surface area (Å²) in [6.45, 7) is 2.55. The molecule has 1 aromatic heterocycles. The van der Waals surface area contributed by atoms with Crippen LogP contribution in [-0.4, -0.2) is 35.9 Å². The second-order valence-corrected chi connectivity index (χ2v) is 9.60. The minimum atomic E-state index is -0.990. The molecular weight excluding hydrogens is 444 g/mol. The zero-order valence-corrected chi connectivity index (χ0v) is 18.9. The molecule has 0 unspecified atom stereocenters. The largest absolute Gasteiger partial charge is 0.466 e. The van der Waals surface area contributed by atoms with E-state index >= 15 is 0 Å². The van der Waals surface area contributed by atoms with E-state index in [2.05, 4.69) is 10.3 Å². The Morgan fingerprint density at radius 2 is 2.06 bits per heavy atom. The zero-order chi connectivity index (χ0) is 22.2. The van der Waals surface area contributed by atoms with Crippen molar-refractivity contribution in [3.8, 4) is 0 Å². The number of nitrogens with one attached hydrogen (secondary N) is 1. The predicted octanol–water partition coefficient (Wildman–Crippen LogP) is 5.70. The molecule has 0 spiro atoms. The highest BCUT2D eigenvalue weighted by Gasteiger charge is 2.25. The van der Waals surface area contributed by atoms with Crippen LogP contribution in [0, 0.1) is 17.6 Å². The number of hydrogen-bond donors (Lipinski definition) is 1. The summed E-state index contributed by atoms with van der Waals surface area (Å²) in [6.07, 6.45) is 6.16. The van der Waals surface area contributed by atoms with Crippen molar-refractivity contribution < 1.29 is 23.1 Å². The molecule has 0 atom stereocenters. The second kappa shape index (κ2) is 11.4. The van der Waals surface area contributed by atoms with E-state index in [1.807, 2.05) is 0 Å². The van der Waals surface area contributed by atoms with E-state index in [1.165, 1.54) is 34.1 Å². The van der Waals surface area contributed by atoms with E-state index in [0.29, 0.717) is 42.1 Å². The number of halogens is 2. The van der Waals surface area contributed by atoms with Crippen LogP contribution >= 0.6 is 23.1 Å². The van der Waals surface area contributed by atoms with Crippen LogP contribution < -0.4 is 10.2 Å². The van der Waals surface area contributed by atoms with E-state index < -0.39 is 17.7 Å². The van der Waals surface area contributed by atoms with Crippen molar-refractivity contribution in [2.75, 3.05) is 29.1 Å². The summed E-state index contributed by atoms with van der Waals surface area (Å²) >= 11 is 2.75. The monoisotopic (exact) mass is 469 g/mol. The minimum absolute atomic E-state index is 0.248. The third-order valence-electron chi connectivity index (χ3n) is 4.93. The Morgan fingerprint density at radius 1 is 1.29 bits per heavy atom. The van der Waals surface area contributed by atoms with Crippen molar-refractivity contribution in [3.63, 3.8) is 0 Å². The van der Waals surface area contributed by atoms with Crippen molar-refractivity contribution in [1.82, 2.24) is 4.98 Å². The first-order chi connectivity index (χ1) is 15.0. The highest BCUT2D eigenvalue weighted by atomic mass is 32.2. The van der Waals surface area contributed by atoms with Gasteiger partial charge in [0.1, 0.15) is 0 Å². The van der Waals surface area contributed by atoms with E-state index in [0.717, 1.165) is 42.0 Å². The number of carbonyl (C=O) groups is 2. The van der Waals surface area contributed by atoms with E-state index in [1.54, 1.807) is 13.1 Å². The molecule has 0 radical (unpaired) electrons. The molecule has 3 rings (SSSR count). The fourth-order valence-electron chi connectivity index (χ4n) is 3.42. The van der Waals surface area contributed by atoms with Gasteiger partial charge in [-0.05, 0) is 37.8 Å². The standard InChI is InChI=1S/C21H25F2N3O3S2/c1-2-29-18(27)9-10-30-19-12-24-20(31-19)25-21(28)26(13-14-5-3-4-6-14)15-7-8-16(22)17(23)11-15/h7-8,11-12,14H,2-6,9-10,13H2,1H3,(H,24,25,28). The predicted molar refractivity (Wildman–Crippen MR) is 119 cm³/mol. The molecule has 2 amide bonds. The Morgan fingerprint density at radius 3 is 2.77 bits per heavy atom. The lowest BCUT2D eigenvalue weighted by Crippen LogP contribution is -2.38. The lowest BCUT2D eigenvalue weighted by atomic mass is 10.1. The van der Waals surface area contributed by atoms with Gasteiger partial charge in [0, 0.05) is 24.1 Å². The number of thiazole rings is 1. The fourth-order valence-corrected chi connectivity index (χ4v) is 5.28. The van der Waals surface area contributed by atoms with Gasteiger partial charge in [0.05, 0.1) is 23.4 Å². The Labute approximate surface area is 188 Å². The van der Waals surface area contributed by atoms with Gasteiger partial charge in [-0.1, -0.05) is 24.2 Å². The molecule has 1 N–H and O–H groups in total. The quantitative estimate of drug-likeness (QED) is 0.377. The van der Waals surface area contributed by atoms with Crippen LogP contribution in [0.4, 0.5) is 24.4 Å². The summed E-state index contributed by atoms with van der Waals surface area (Å²) in [6, 6.07) is 3.05. The summed E-state index contributed by atoms with van der Waals surface area (Å²) in [5, 5.41) is 3.17. The third-order valence-corrected chi connectivity index (χ3v) is 7.04. The van der Waals surface area contributed by atoms with Gasteiger partial charge in [-0.15, -0.1) is 11.8 Å². The Kier molecular flexibility index (Phi) is 8.65. The highest BCUT2D eigenvalue weighted by Crippen LogP contribution is 2.31. The van der Waals surface area contributed by atoms with E-state index in [4.69, 9.17) is 4.74 Å². The first kappa shape index (κ1) is 23.5. The molecule has 1 saturated carbocycles. The number of hydrogen-bond acceptors (Lipinski definition) is 6. The van der Waals surface area contributed by atoms with Gasteiger partial charge < -0.3 is 4.74 Å². The Hall–Kier alpha value is -2.20. The van der Waals surface area contributed by atoms with Gasteiger partial charge >= 0.3 is 12.0 Å². The van der Waals surface area contributed by atoms with E-state index in [9.17, 15) is 18.4 Å². The molecule has 1 aliphatic rings. The average molecular weight is 470 g/mol. The summed E-state index contributed by atoms with van der Waals surface area (Å²) in [5.41, 5.74) is 0.309. The van der Waals surface area contributed by atoms with Gasteiger partial charge in [-0.2, -0.15) is 0 Å². The molecule has 0 saturated heterocycles. The fraction of sp³-hybridized carbons (Fsp3) is 0.476. The first-order valence-corrected chi connectivity index (χ1v) is 12.0. The lowest BCUT2D eigenvalue weighted by molar-refractivity contribution is -0.142. The smallest absolute Gasteiger partial charge is 0.328 e. The van der Waals surface area contributed by atoms with Gasteiger partial charge in [0.2, 0.25) is 0 Å². The van der Waals surface area contributed by atoms with Crippen LogP contribution in [0.25, 0.3) is 0 Å². The van der Waals surface area contributed by atoms with Crippen LogP contribution in [0.3, 0.4) is 0 Å². The second-order valence-electron chi connectivity index (χ2n) is 7.18. The number of ether oxygens (including phenoxy) is 1. The van der Waals surface area contributed by atoms with Crippen molar-refractivity contribution in [3.05, 3.63) is 36.0 Å². The van der Waals surface area contributed by atoms with Gasteiger partial charge in [0.25, 0.3) is 0 Å². The molecule has 1 heterocycles. The maximum absolute atomic E-state index is 13.8. The number of nitrogens with zero attached hydrogens (tertiary/aromatic N) is 2. The van der Waals surface area contributed by atoms with Crippen LogP contribution in [-0.2, 0) is 9.53 Å². The number of benzene rings is 1. The molecule has 1 aliphatic carbocycles. The van der Waals surface area contributed by atoms with Crippen molar-refractivity contribution in [2.24, 2.45) is 5.92 Å². The molecule has 1 aromatic carbocycles. The number of carbonyl (C=O) groups excluding carboxylic acids is 2. The normalized spacial score (nSPS) is 13.9. The maximum Gasteiger partial charge on any atom is 0.328 e. The molecule has 10 heteroatoms. The van der Waals surface area contributed by atoms with Crippen LogP contribution in [0.5, 0.6) is 0 Å². The summed E-state index contributed by atoms with van der Waals surface area (Å²) in [4.78, 5) is 30.1. The molecular formula is C21H25F2N3O3S2. The Bertz CT molecular complexity index is 904. The number of thioether (sulfide) groups is 1. The average Bonchev–Trinajstić information content (AvgIpc) is 3.40. The Balaban J connectivity index is 1.63. The van der Waals surface area contributed by atoms with Crippen LogP contribution in [0.15, 0.2) is 28.6 Å². The number of amides is 2. The number of urea groups is 1. The topological polar surface area (TPSA) is 71.5 Å². The number of esters is 1. The van der Waals surface area contributed by atoms with E-state index in [-0.39, 0.29) is 5.97 Å². The minimum Gasteiger partial charge on any atom is -0.466 e. The molecule has 0 bridgehead atoms. The molecule has 168 valence electrons.